The molecule has 2 aromatic rings. The summed E-state index contributed by atoms with van der Waals surface area (Å²) in [6.45, 7) is 3.97. The first-order valence-electron chi connectivity index (χ1n) is 4.51. The lowest BCUT2D eigenvalue weighted by Crippen LogP contribution is -2.12. The van der Waals surface area contributed by atoms with Gasteiger partial charge in [0.05, 0.1) is 5.39 Å². The Morgan fingerprint density at radius 3 is 3.00 bits per heavy atom. The Bertz CT molecular complexity index is 521. The Morgan fingerprint density at radius 1 is 1.50 bits per heavy atom. The van der Waals surface area contributed by atoms with Crippen LogP contribution in [0.2, 0.25) is 0 Å². The molecule has 0 aliphatic heterocycles. The number of pyridine rings is 1. The molecule has 0 saturated heterocycles. The van der Waals surface area contributed by atoms with Crippen molar-refractivity contribution in [2.24, 2.45) is 0 Å². The summed E-state index contributed by atoms with van der Waals surface area (Å²) in [5, 5.41) is 0.554. The molecule has 0 spiro atoms. The highest BCUT2D eigenvalue weighted by Gasteiger charge is 2.08. The topological polar surface area (TPSA) is 58.6 Å². The van der Waals surface area contributed by atoms with Crippen LogP contribution in [0, 0.1) is 0 Å². The van der Waals surface area contributed by atoms with Crippen LogP contribution in [0.15, 0.2) is 23.5 Å². The number of aromatic amines is 1. The smallest absolute Gasteiger partial charge is 0.196 e. The van der Waals surface area contributed by atoms with Gasteiger partial charge in [0.1, 0.15) is 12.0 Å². The molecule has 0 aliphatic carbocycles. The van der Waals surface area contributed by atoms with Crippen LogP contribution in [0.5, 0.6) is 0 Å². The Balaban J connectivity index is 0.00000112. The van der Waals surface area contributed by atoms with Gasteiger partial charge in [-0.25, -0.2) is 9.97 Å². The summed E-state index contributed by atoms with van der Waals surface area (Å²) >= 11 is 0. The summed E-state index contributed by atoms with van der Waals surface area (Å²) in [5.74, 6) is 0.211. The van der Waals surface area contributed by atoms with Crippen molar-refractivity contribution in [2.75, 3.05) is 0 Å². The van der Waals surface area contributed by atoms with Crippen LogP contribution in [-0.2, 0) is 0 Å². The fraction of sp³-hybridized carbons (Fsp3) is 0.300. The van der Waals surface area contributed by atoms with Gasteiger partial charge in [0.2, 0.25) is 0 Å². The van der Waals surface area contributed by atoms with Crippen molar-refractivity contribution in [1.29, 1.82) is 0 Å². The van der Waals surface area contributed by atoms with Crippen LogP contribution < -0.4 is 5.43 Å². The highest BCUT2D eigenvalue weighted by Crippen LogP contribution is 2.10. The van der Waals surface area contributed by atoms with Crippen molar-refractivity contribution >= 4 is 11.0 Å². The van der Waals surface area contributed by atoms with Gasteiger partial charge >= 0.3 is 0 Å². The van der Waals surface area contributed by atoms with Gasteiger partial charge in [-0.2, -0.15) is 0 Å². The van der Waals surface area contributed by atoms with Gasteiger partial charge in [-0.3, -0.25) is 4.79 Å². The fourth-order valence-electron chi connectivity index (χ4n) is 1.41. The minimum absolute atomic E-state index is 0. The number of rotatable bonds is 1. The summed E-state index contributed by atoms with van der Waals surface area (Å²) in [4.78, 5) is 22.7. The molecule has 1 N–H and O–H groups in total. The molecule has 0 radical (unpaired) electrons. The molecule has 0 unspecified atom stereocenters. The second kappa shape index (κ2) is 3.21. The van der Waals surface area contributed by atoms with Crippen LogP contribution in [0.25, 0.3) is 11.0 Å². The maximum Gasteiger partial charge on any atom is 0.196 e. The van der Waals surface area contributed by atoms with Gasteiger partial charge in [0, 0.05) is 19.4 Å². The molecule has 0 amide bonds. The molecule has 4 heteroatoms. The van der Waals surface area contributed by atoms with E-state index in [9.17, 15) is 4.79 Å². The zero-order valence-electron chi connectivity index (χ0n) is 8.11. The molecule has 2 heterocycles. The average molecular weight is 191 g/mol. The Hall–Kier alpha value is -1.71. The highest BCUT2D eigenvalue weighted by molar-refractivity contribution is 5.73. The molecule has 0 atom stereocenters. The standard InChI is InChI=1S/C10H11N3O.H2/c1-6(2)7-4-12-10-8(9(7)14)3-11-5-13-10;/h3-6H,1-2H3,(H,11,12,13,14);1H. The van der Waals surface area contributed by atoms with Crippen molar-refractivity contribution in [1.82, 2.24) is 15.0 Å². The summed E-state index contributed by atoms with van der Waals surface area (Å²) in [6.07, 6.45) is 4.70. The van der Waals surface area contributed by atoms with Gasteiger partial charge < -0.3 is 4.98 Å². The fourth-order valence-corrected chi connectivity index (χ4v) is 1.41. The van der Waals surface area contributed by atoms with Crippen molar-refractivity contribution in [3.05, 3.63) is 34.5 Å². The predicted molar refractivity (Wildman–Crippen MR) is 56.4 cm³/mol. The average Bonchev–Trinajstić information content (AvgIpc) is 2.18. The molecule has 0 bridgehead atoms. The molecule has 2 rings (SSSR count). The lowest BCUT2D eigenvalue weighted by molar-refractivity contribution is 0.852. The lowest BCUT2D eigenvalue weighted by atomic mass is 10.0. The monoisotopic (exact) mass is 191 g/mol. The van der Waals surface area contributed by atoms with E-state index in [0.717, 1.165) is 5.56 Å². The molecule has 2 aromatic heterocycles. The van der Waals surface area contributed by atoms with Gasteiger partial charge in [-0.15, -0.1) is 0 Å². The number of nitrogens with zero attached hydrogens (tertiary/aromatic N) is 2. The summed E-state index contributed by atoms with van der Waals surface area (Å²) in [7, 11) is 0. The second-order valence-corrected chi connectivity index (χ2v) is 3.51. The molecule has 4 nitrogen and oxygen atoms in total. The lowest BCUT2D eigenvalue weighted by Gasteiger charge is -2.04. The molecular formula is C10H13N3O. The summed E-state index contributed by atoms with van der Waals surface area (Å²) in [5.41, 5.74) is 1.39. The van der Waals surface area contributed by atoms with E-state index in [4.69, 9.17) is 0 Å². The number of hydrogen-bond acceptors (Lipinski definition) is 3. The number of fused-ring (bicyclic) bond motifs is 1. The number of hydrogen-bond donors (Lipinski definition) is 1. The molecule has 14 heavy (non-hydrogen) atoms. The largest absolute Gasteiger partial charge is 0.346 e. The van der Waals surface area contributed by atoms with E-state index in [2.05, 4.69) is 15.0 Å². The third-order valence-electron chi connectivity index (χ3n) is 2.21. The molecule has 0 fully saturated rings. The predicted octanol–water partition coefficient (Wildman–Crippen LogP) is 1.69. The zero-order valence-corrected chi connectivity index (χ0v) is 8.11. The van der Waals surface area contributed by atoms with Crippen molar-refractivity contribution in [3.8, 4) is 0 Å². The van der Waals surface area contributed by atoms with Crippen LogP contribution >= 0.6 is 0 Å². The van der Waals surface area contributed by atoms with Crippen LogP contribution in [0.4, 0.5) is 0 Å². The van der Waals surface area contributed by atoms with Crippen LogP contribution in [0.1, 0.15) is 26.8 Å². The normalized spacial score (nSPS) is 11.1. The van der Waals surface area contributed by atoms with E-state index in [-0.39, 0.29) is 12.8 Å². The Labute approximate surface area is 82.5 Å². The van der Waals surface area contributed by atoms with Crippen molar-refractivity contribution in [2.45, 2.75) is 19.8 Å². The van der Waals surface area contributed by atoms with Gasteiger partial charge in [-0.05, 0) is 5.92 Å². The Kier molecular flexibility index (Phi) is 2.04. The van der Waals surface area contributed by atoms with E-state index < -0.39 is 0 Å². The van der Waals surface area contributed by atoms with Crippen LogP contribution in [-0.4, -0.2) is 15.0 Å². The minimum Gasteiger partial charge on any atom is -0.346 e. The van der Waals surface area contributed by atoms with Gasteiger partial charge in [0.25, 0.3) is 0 Å². The van der Waals surface area contributed by atoms with Crippen molar-refractivity contribution in [3.63, 3.8) is 0 Å². The Morgan fingerprint density at radius 2 is 2.29 bits per heavy atom. The van der Waals surface area contributed by atoms with E-state index >= 15 is 0 Å². The van der Waals surface area contributed by atoms with Crippen LogP contribution in [0.3, 0.4) is 0 Å². The highest BCUT2D eigenvalue weighted by atomic mass is 16.1. The van der Waals surface area contributed by atoms with E-state index in [1.165, 1.54) is 6.33 Å². The first-order chi connectivity index (χ1) is 6.70. The SMILES string of the molecule is CC(C)c1c[nH]c2ncncc2c1=O.[HH]. The number of aromatic nitrogens is 3. The van der Waals surface area contributed by atoms with E-state index in [0.29, 0.717) is 11.0 Å². The quantitative estimate of drug-likeness (QED) is 0.746. The minimum atomic E-state index is 0. The summed E-state index contributed by atoms with van der Waals surface area (Å²) < 4.78 is 0. The second-order valence-electron chi connectivity index (χ2n) is 3.51. The zero-order chi connectivity index (χ0) is 10.1. The number of nitrogens with one attached hydrogen (secondary N) is 1. The molecular weight excluding hydrogens is 178 g/mol. The third-order valence-corrected chi connectivity index (χ3v) is 2.21. The molecule has 74 valence electrons. The molecule has 0 aromatic carbocycles. The number of H-pyrrole nitrogens is 1. The maximum atomic E-state index is 11.9. The first kappa shape index (κ1) is 8.87. The van der Waals surface area contributed by atoms with E-state index in [1.54, 1.807) is 12.4 Å². The molecule has 0 saturated carbocycles. The van der Waals surface area contributed by atoms with E-state index in [1.807, 2.05) is 13.8 Å². The van der Waals surface area contributed by atoms with Gasteiger partial charge in [0.15, 0.2) is 5.43 Å². The first-order valence-corrected chi connectivity index (χ1v) is 4.51. The summed E-state index contributed by atoms with van der Waals surface area (Å²) in [6, 6.07) is 0. The molecule has 0 aliphatic rings. The maximum absolute atomic E-state index is 11.9. The van der Waals surface area contributed by atoms with Gasteiger partial charge in [-0.1, -0.05) is 13.8 Å². The third kappa shape index (κ3) is 1.28. The van der Waals surface area contributed by atoms with Crippen molar-refractivity contribution < 1.29 is 1.43 Å².